The second kappa shape index (κ2) is 6.35. The summed E-state index contributed by atoms with van der Waals surface area (Å²) < 4.78 is 18.9. The van der Waals surface area contributed by atoms with E-state index in [9.17, 15) is 14.0 Å². The van der Waals surface area contributed by atoms with Crippen LogP contribution in [0.1, 0.15) is 23.5 Å². The van der Waals surface area contributed by atoms with Gasteiger partial charge in [0, 0.05) is 5.92 Å². The Morgan fingerprint density at radius 1 is 1.20 bits per heavy atom. The molecule has 0 aromatic heterocycles. The van der Waals surface area contributed by atoms with Crippen LogP contribution >= 0.6 is 23.4 Å². The number of benzene rings is 2. The number of carbonyl (C=O) groups is 2. The summed E-state index contributed by atoms with van der Waals surface area (Å²) in [7, 11) is 0. The monoisotopic (exact) mass is 377 g/mol. The van der Waals surface area contributed by atoms with Crippen LogP contribution in [0.15, 0.2) is 36.4 Å². The molecule has 25 heavy (non-hydrogen) atoms. The molecule has 0 spiro atoms. The van der Waals surface area contributed by atoms with Gasteiger partial charge < -0.3 is 4.74 Å². The van der Waals surface area contributed by atoms with Crippen molar-refractivity contribution >= 4 is 34.5 Å². The number of halogens is 2. The Morgan fingerprint density at radius 2 is 2.04 bits per heavy atom. The third-order valence-corrected chi connectivity index (χ3v) is 5.85. The van der Waals surface area contributed by atoms with Crippen molar-refractivity contribution in [1.82, 2.24) is 5.32 Å². The number of thioether (sulfide) groups is 1. The SMILES string of the molecule is O=C1NC(=O)C([C@@H]2CCc3cc(Oc4ccc(F)cc4Cl)ccc32)S1. The van der Waals surface area contributed by atoms with Gasteiger partial charge in [-0.1, -0.05) is 29.4 Å². The van der Waals surface area contributed by atoms with Crippen molar-refractivity contribution in [3.05, 3.63) is 58.4 Å². The average Bonchev–Trinajstić information content (AvgIpc) is 3.12. The number of hydrogen-bond donors (Lipinski definition) is 1. The summed E-state index contributed by atoms with van der Waals surface area (Å²) in [4.78, 5) is 23.3. The fourth-order valence-electron chi connectivity index (χ4n) is 3.32. The van der Waals surface area contributed by atoms with E-state index in [1.165, 1.54) is 18.2 Å². The van der Waals surface area contributed by atoms with E-state index in [1.807, 2.05) is 12.1 Å². The van der Waals surface area contributed by atoms with Gasteiger partial charge in [0.05, 0.1) is 5.02 Å². The van der Waals surface area contributed by atoms with E-state index in [1.54, 1.807) is 6.07 Å². The van der Waals surface area contributed by atoms with Gasteiger partial charge in [-0.25, -0.2) is 4.39 Å². The van der Waals surface area contributed by atoms with Crippen molar-refractivity contribution in [2.24, 2.45) is 0 Å². The standard InChI is InChI=1S/C18H13ClFNO3S/c19-14-8-10(20)2-6-15(14)24-11-3-5-12-9(7-11)1-4-13(12)16-17(22)21-18(23)25-16/h2-3,5-8,13,16H,1,4H2,(H,21,22,23)/t13-,16?/m1/s1. The highest BCUT2D eigenvalue weighted by Gasteiger charge is 2.41. The Bertz CT molecular complexity index is 889. The zero-order chi connectivity index (χ0) is 17.6. The van der Waals surface area contributed by atoms with Gasteiger partial charge in [0.25, 0.3) is 5.24 Å². The van der Waals surface area contributed by atoms with Gasteiger partial charge in [0.15, 0.2) is 0 Å². The molecule has 7 heteroatoms. The Kier molecular flexibility index (Phi) is 4.17. The first-order chi connectivity index (χ1) is 12.0. The van der Waals surface area contributed by atoms with Crippen LogP contribution in [0, 0.1) is 5.82 Å². The van der Waals surface area contributed by atoms with Gasteiger partial charge in [0.2, 0.25) is 5.91 Å². The number of hydrogen-bond acceptors (Lipinski definition) is 4. The second-order valence-corrected chi connectivity index (χ2v) is 7.52. The van der Waals surface area contributed by atoms with Crippen molar-refractivity contribution in [3.8, 4) is 11.5 Å². The minimum Gasteiger partial charge on any atom is -0.456 e. The first-order valence-corrected chi connectivity index (χ1v) is 9.04. The largest absolute Gasteiger partial charge is 0.456 e. The average molecular weight is 378 g/mol. The van der Waals surface area contributed by atoms with Crippen LogP contribution in [-0.2, 0) is 11.2 Å². The van der Waals surface area contributed by atoms with Crippen molar-refractivity contribution < 1.29 is 18.7 Å². The lowest BCUT2D eigenvalue weighted by Gasteiger charge is -2.16. The van der Waals surface area contributed by atoms with Crippen LogP contribution in [0.25, 0.3) is 0 Å². The molecule has 128 valence electrons. The number of amides is 2. The molecule has 1 fully saturated rings. The maximum Gasteiger partial charge on any atom is 0.286 e. The van der Waals surface area contributed by atoms with Gasteiger partial charge in [-0.05, 0) is 54.3 Å². The first-order valence-electron chi connectivity index (χ1n) is 7.78. The van der Waals surface area contributed by atoms with Crippen LogP contribution in [0.4, 0.5) is 9.18 Å². The lowest BCUT2D eigenvalue weighted by atomic mass is 9.97. The molecular weight excluding hydrogens is 365 g/mol. The Labute approximate surface area is 152 Å². The highest BCUT2D eigenvalue weighted by molar-refractivity contribution is 8.15. The number of ether oxygens (including phenoxy) is 1. The van der Waals surface area contributed by atoms with Crippen molar-refractivity contribution in [1.29, 1.82) is 0 Å². The Hall–Kier alpha value is -2.05. The summed E-state index contributed by atoms with van der Waals surface area (Å²) in [6, 6.07) is 9.62. The molecule has 0 bridgehead atoms. The van der Waals surface area contributed by atoms with Crippen molar-refractivity contribution in [3.63, 3.8) is 0 Å². The van der Waals surface area contributed by atoms with E-state index >= 15 is 0 Å². The summed E-state index contributed by atoms with van der Waals surface area (Å²) in [5, 5.41) is 1.90. The molecule has 4 nitrogen and oxygen atoms in total. The first kappa shape index (κ1) is 16.4. The molecule has 1 saturated heterocycles. The third-order valence-electron chi connectivity index (χ3n) is 4.44. The highest BCUT2D eigenvalue weighted by Crippen LogP contribution is 2.43. The Morgan fingerprint density at radius 3 is 2.76 bits per heavy atom. The molecule has 2 aromatic carbocycles. The van der Waals surface area contributed by atoms with E-state index in [4.69, 9.17) is 16.3 Å². The van der Waals surface area contributed by atoms with Crippen LogP contribution < -0.4 is 10.1 Å². The molecule has 1 heterocycles. The predicted octanol–water partition coefficient (Wildman–Crippen LogP) is 4.65. The smallest absolute Gasteiger partial charge is 0.286 e. The molecule has 2 aliphatic rings. The molecule has 1 aliphatic carbocycles. The summed E-state index contributed by atoms with van der Waals surface area (Å²) in [6.07, 6.45) is 1.63. The molecular formula is C18H13ClFNO3S. The molecule has 2 aromatic rings. The third kappa shape index (κ3) is 3.12. The van der Waals surface area contributed by atoms with Gasteiger partial charge >= 0.3 is 0 Å². The van der Waals surface area contributed by atoms with E-state index in [-0.39, 0.29) is 27.3 Å². The molecule has 0 radical (unpaired) electrons. The quantitative estimate of drug-likeness (QED) is 0.845. The molecule has 1 unspecified atom stereocenters. The zero-order valence-electron chi connectivity index (χ0n) is 12.9. The van der Waals surface area contributed by atoms with Crippen molar-refractivity contribution in [2.45, 2.75) is 24.0 Å². The molecule has 2 atom stereocenters. The van der Waals surface area contributed by atoms with Gasteiger partial charge in [-0.2, -0.15) is 0 Å². The summed E-state index contributed by atoms with van der Waals surface area (Å²) in [6.45, 7) is 0. The fourth-order valence-corrected chi connectivity index (χ4v) is 4.53. The van der Waals surface area contributed by atoms with Crippen LogP contribution in [0.5, 0.6) is 11.5 Å². The minimum absolute atomic E-state index is 0.0231. The molecule has 4 rings (SSSR count). The summed E-state index contributed by atoms with van der Waals surface area (Å²) in [5.74, 6) is 0.374. The molecule has 2 amide bonds. The van der Waals surface area contributed by atoms with Crippen LogP contribution in [0.3, 0.4) is 0 Å². The molecule has 1 N–H and O–H groups in total. The summed E-state index contributed by atoms with van der Waals surface area (Å²) in [5.41, 5.74) is 2.16. The van der Waals surface area contributed by atoms with Gasteiger partial charge in [-0.15, -0.1) is 0 Å². The number of fused-ring (bicyclic) bond motifs is 1. The van der Waals surface area contributed by atoms with Crippen molar-refractivity contribution in [2.75, 3.05) is 0 Å². The zero-order valence-corrected chi connectivity index (χ0v) is 14.5. The number of aryl methyl sites for hydroxylation is 1. The second-order valence-electron chi connectivity index (χ2n) is 6.00. The van der Waals surface area contributed by atoms with Gasteiger partial charge in [0.1, 0.15) is 22.6 Å². The van der Waals surface area contributed by atoms with E-state index in [0.29, 0.717) is 11.5 Å². The minimum atomic E-state index is -0.420. The number of rotatable bonds is 3. The van der Waals surface area contributed by atoms with E-state index < -0.39 is 5.82 Å². The van der Waals surface area contributed by atoms with E-state index in [0.717, 1.165) is 35.7 Å². The molecule has 1 aliphatic heterocycles. The topological polar surface area (TPSA) is 55.4 Å². The number of nitrogens with one attached hydrogen (secondary N) is 1. The molecule has 0 saturated carbocycles. The van der Waals surface area contributed by atoms with E-state index in [2.05, 4.69) is 5.32 Å². The van der Waals surface area contributed by atoms with Gasteiger partial charge in [-0.3, -0.25) is 14.9 Å². The fraction of sp³-hybridized carbons (Fsp3) is 0.222. The number of imide groups is 1. The van der Waals surface area contributed by atoms with Crippen LogP contribution in [-0.4, -0.2) is 16.4 Å². The highest BCUT2D eigenvalue weighted by atomic mass is 35.5. The predicted molar refractivity (Wildman–Crippen MR) is 93.9 cm³/mol. The normalized spacial score (nSPS) is 22.0. The lowest BCUT2D eigenvalue weighted by Crippen LogP contribution is -2.27. The summed E-state index contributed by atoms with van der Waals surface area (Å²) >= 11 is 7.05. The number of carbonyl (C=O) groups excluding carboxylic acids is 2. The lowest BCUT2D eigenvalue weighted by molar-refractivity contribution is -0.119. The van der Waals surface area contributed by atoms with Crippen LogP contribution in [0.2, 0.25) is 5.02 Å². The Balaban J connectivity index is 1.57. The maximum atomic E-state index is 13.1. The maximum absolute atomic E-state index is 13.1.